The first-order valence-electron chi connectivity index (χ1n) is 8.95. The van der Waals surface area contributed by atoms with Gasteiger partial charge >= 0.3 is 0 Å². The van der Waals surface area contributed by atoms with Crippen LogP contribution >= 0.6 is 11.3 Å². The number of nitrogens with zero attached hydrogens (tertiary/aromatic N) is 1. The number of nitrogens with two attached hydrogens (primary N) is 2. The van der Waals surface area contributed by atoms with Crippen molar-refractivity contribution in [3.05, 3.63) is 70.1 Å². The van der Waals surface area contributed by atoms with Crippen molar-refractivity contribution in [2.45, 2.75) is 6.42 Å². The number of thiazole rings is 1. The number of carbonyl (C=O) groups is 3. The molecule has 1 heterocycles. The second-order valence-corrected chi connectivity index (χ2v) is 7.33. The summed E-state index contributed by atoms with van der Waals surface area (Å²) >= 11 is 0.846. The van der Waals surface area contributed by atoms with E-state index in [-0.39, 0.29) is 34.7 Å². The zero-order valence-corrected chi connectivity index (χ0v) is 16.8. The fourth-order valence-corrected chi connectivity index (χ4v) is 3.46. The molecule has 3 aromatic rings. The van der Waals surface area contributed by atoms with Crippen LogP contribution in [0.1, 0.15) is 32.0 Å². The van der Waals surface area contributed by atoms with Gasteiger partial charge in [-0.2, -0.15) is 0 Å². The third-order valence-corrected chi connectivity index (χ3v) is 5.09. The van der Waals surface area contributed by atoms with Crippen LogP contribution in [-0.2, 0) is 4.79 Å². The molecule has 3 rings (SSSR count). The summed E-state index contributed by atoms with van der Waals surface area (Å²) in [5, 5.41) is 5.71. The minimum Gasteiger partial charge on any atom is -0.382 e. The Bertz CT molecular complexity index is 1130. The van der Waals surface area contributed by atoms with Gasteiger partial charge in [0.25, 0.3) is 5.91 Å². The molecule has 0 aliphatic rings. The minimum absolute atomic E-state index is 0.0364. The summed E-state index contributed by atoms with van der Waals surface area (Å²) in [5.41, 5.74) is 11.0. The maximum absolute atomic E-state index is 13.9. The first-order chi connectivity index (χ1) is 14.8. The molecule has 160 valence electrons. The molecule has 6 N–H and O–H groups in total. The fourth-order valence-electron chi connectivity index (χ4n) is 2.61. The van der Waals surface area contributed by atoms with Gasteiger partial charge in [-0.3, -0.25) is 14.4 Å². The van der Waals surface area contributed by atoms with Gasteiger partial charge in [-0.1, -0.05) is 17.4 Å². The number of hydrogen-bond acceptors (Lipinski definition) is 7. The van der Waals surface area contributed by atoms with E-state index in [4.69, 9.17) is 11.5 Å². The maximum atomic E-state index is 13.9. The van der Waals surface area contributed by atoms with Crippen molar-refractivity contribution in [3.63, 3.8) is 0 Å². The van der Waals surface area contributed by atoms with Crippen molar-refractivity contribution in [1.82, 2.24) is 10.3 Å². The summed E-state index contributed by atoms with van der Waals surface area (Å²) in [6.07, 6.45) is 0.0364. The van der Waals surface area contributed by atoms with E-state index in [9.17, 15) is 23.2 Å². The lowest BCUT2D eigenvalue weighted by Crippen LogP contribution is -2.27. The summed E-state index contributed by atoms with van der Waals surface area (Å²) in [4.78, 5) is 39.2. The Balaban J connectivity index is 1.71. The van der Waals surface area contributed by atoms with Crippen molar-refractivity contribution >= 4 is 45.6 Å². The number of primary amides is 1. The molecule has 0 saturated carbocycles. The summed E-state index contributed by atoms with van der Waals surface area (Å²) in [5.74, 6) is -3.93. The van der Waals surface area contributed by atoms with E-state index < -0.39 is 28.9 Å². The van der Waals surface area contributed by atoms with Gasteiger partial charge in [-0.05, 0) is 36.4 Å². The molecule has 2 aromatic carbocycles. The van der Waals surface area contributed by atoms with E-state index in [2.05, 4.69) is 15.6 Å². The second-order valence-electron chi connectivity index (χ2n) is 6.33. The number of amides is 2. The van der Waals surface area contributed by atoms with Gasteiger partial charge in [0.2, 0.25) is 11.7 Å². The van der Waals surface area contributed by atoms with Crippen molar-refractivity contribution in [3.8, 4) is 0 Å². The topological polar surface area (TPSA) is 140 Å². The molecule has 11 heteroatoms. The van der Waals surface area contributed by atoms with Crippen LogP contribution in [0, 0.1) is 11.6 Å². The molecular formula is C20H17F2N5O3S. The Morgan fingerprint density at radius 1 is 1.03 bits per heavy atom. The van der Waals surface area contributed by atoms with Crippen LogP contribution in [0.3, 0.4) is 0 Å². The van der Waals surface area contributed by atoms with Crippen LogP contribution in [0.2, 0.25) is 0 Å². The van der Waals surface area contributed by atoms with E-state index in [1.54, 1.807) is 24.3 Å². The number of aromatic nitrogens is 1. The maximum Gasteiger partial charge on any atom is 0.251 e. The molecule has 0 saturated heterocycles. The monoisotopic (exact) mass is 445 g/mol. The summed E-state index contributed by atoms with van der Waals surface area (Å²) in [7, 11) is 0. The van der Waals surface area contributed by atoms with Gasteiger partial charge in [0, 0.05) is 24.2 Å². The molecule has 31 heavy (non-hydrogen) atoms. The molecule has 1 aromatic heterocycles. The lowest BCUT2D eigenvalue weighted by Gasteiger charge is -2.06. The average Bonchev–Trinajstić information content (AvgIpc) is 3.08. The highest BCUT2D eigenvalue weighted by molar-refractivity contribution is 7.18. The summed E-state index contributed by atoms with van der Waals surface area (Å²) < 4.78 is 27.8. The number of ketones is 1. The van der Waals surface area contributed by atoms with Crippen molar-refractivity contribution in [2.75, 3.05) is 17.6 Å². The number of hydrogen-bond donors (Lipinski definition) is 4. The summed E-state index contributed by atoms with van der Waals surface area (Å²) in [6.45, 7) is 0.131. The molecule has 8 nitrogen and oxygen atoms in total. The molecule has 0 spiro atoms. The molecular weight excluding hydrogens is 428 g/mol. The van der Waals surface area contributed by atoms with Crippen LogP contribution in [0.15, 0.2) is 42.5 Å². The Labute approximate surface area is 179 Å². The van der Waals surface area contributed by atoms with Gasteiger partial charge in [-0.25, -0.2) is 13.8 Å². The van der Waals surface area contributed by atoms with E-state index in [1.807, 2.05) is 0 Å². The first kappa shape index (κ1) is 21.8. The summed E-state index contributed by atoms with van der Waals surface area (Å²) in [6, 6.07) is 9.40. The predicted molar refractivity (Wildman–Crippen MR) is 112 cm³/mol. The smallest absolute Gasteiger partial charge is 0.251 e. The predicted octanol–water partition coefficient (Wildman–Crippen LogP) is 2.58. The third kappa shape index (κ3) is 5.20. The number of rotatable bonds is 8. The first-order valence-corrected chi connectivity index (χ1v) is 9.76. The van der Waals surface area contributed by atoms with E-state index in [0.29, 0.717) is 11.3 Å². The molecule has 0 radical (unpaired) electrons. The number of benzene rings is 2. The number of halogens is 2. The molecule has 0 atom stereocenters. The van der Waals surface area contributed by atoms with E-state index in [0.717, 1.165) is 29.5 Å². The second kappa shape index (κ2) is 9.30. The lowest BCUT2D eigenvalue weighted by molar-refractivity contribution is -0.117. The number of nitrogen functional groups attached to an aromatic ring is 1. The Morgan fingerprint density at radius 2 is 1.68 bits per heavy atom. The van der Waals surface area contributed by atoms with Crippen molar-refractivity contribution < 1.29 is 23.2 Å². The standard InChI is InChI=1S/C20H17F2N5O3S/c21-12-2-1-3-13(22)15(12)16(29)17-18(24)27-20(31-17)26-11-6-4-10(5-7-11)19(30)25-9-8-14(23)28/h1-7H,8-9,24H2,(H2,23,28)(H,25,30)(H,26,27). The highest BCUT2D eigenvalue weighted by atomic mass is 32.1. The molecule has 0 aliphatic carbocycles. The van der Waals surface area contributed by atoms with Gasteiger partial charge in [-0.15, -0.1) is 0 Å². The van der Waals surface area contributed by atoms with Gasteiger partial charge in [0.15, 0.2) is 5.13 Å². The molecule has 0 fully saturated rings. The van der Waals surface area contributed by atoms with Gasteiger partial charge in [0.05, 0.1) is 5.56 Å². The Morgan fingerprint density at radius 3 is 2.29 bits per heavy atom. The number of nitrogens with one attached hydrogen (secondary N) is 2. The van der Waals surface area contributed by atoms with E-state index >= 15 is 0 Å². The highest BCUT2D eigenvalue weighted by Crippen LogP contribution is 2.31. The van der Waals surface area contributed by atoms with E-state index in [1.165, 1.54) is 0 Å². The molecule has 0 aliphatic heterocycles. The number of anilines is 3. The van der Waals surface area contributed by atoms with Gasteiger partial charge < -0.3 is 22.1 Å². The van der Waals surface area contributed by atoms with Crippen LogP contribution in [0.4, 0.5) is 25.4 Å². The molecule has 0 unspecified atom stereocenters. The van der Waals surface area contributed by atoms with Crippen LogP contribution in [0.25, 0.3) is 0 Å². The molecule has 0 bridgehead atoms. The quantitative estimate of drug-likeness (QED) is 0.393. The van der Waals surface area contributed by atoms with Crippen LogP contribution in [0.5, 0.6) is 0 Å². The highest BCUT2D eigenvalue weighted by Gasteiger charge is 2.24. The minimum atomic E-state index is -0.989. The SMILES string of the molecule is NC(=O)CCNC(=O)c1ccc(Nc2nc(N)c(C(=O)c3c(F)cccc3F)s2)cc1. The zero-order valence-electron chi connectivity index (χ0n) is 15.9. The van der Waals surface area contributed by atoms with Crippen molar-refractivity contribution in [1.29, 1.82) is 0 Å². The zero-order chi connectivity index (χ0) is 22.5. The Hall–Kier alpha value is -3.86. The Kier molecular flexibility index (Phi) is 6.55. The fraction of sp³-hybridized carbons (Fsp3) is 0.100. The molecule has 2 amide bonds. The number of carbonyl (C=O) groups excluding carboxylic acids is 3. The third-order valence-electron chi connectivity index (χ3n) is 4.10. The van der Waals surface area contributed by atoms with Crippen LogP contribution < -0.4 is 22.1 Å². The lowest BCUT2D eigenvalue weighted by atomic mass is 10.1. The normalized spacial score (nSPS) is 10.5. The van der Waals surface area contributed by atoms with Gasteiger partial charge in [0.1, 0.15) is 22.3 Å². The average molecular weight is 445 g/mol. The van der Waals surface area contributed by atoms with Crippen LogP contribution in [-0.4, -0.2) is 29.1 Å². The largest absolute Gasteiger partial charge is 0.382 e. The van der Waals surface area contributed by atoms with Crippen molar-refractivity contribution in [2.24, 2.45) is 5.73 Å².